The van der Waals surface area contributed by atoms with Crippen molar-refractivity contribution in [2.24, 2.45) is 5.41 Å². The minimum absolute atomic E-state index is 0.0186. The minimum Gasteiger partial charge on any atom is -0.598 e. The number of rotatable bonds is 5. The summed E-state index contributed by atoms with van der Waals surface area (Å²) in [4.78, 5) is 14.8. The van der Waals surface area contributed by atoms with Crippen LogP contribution >= 0.6 is 0 Å². The maximum Gasteiger partial charge on any atom is 0.245 e. The van der Waals surface area contributed by atoms with E-state index in [1.165, 1.54) is 0 Å². The van der Waals surface area contributed by atoms with E-state index in [4.69, 9.17) is 0 Å². The van der Waals surface area contributed by atoms with Crippen LogP contribution < -0.4 is 4.72 Å². The standard InChI is InChI=1S/C16H34N2O2S/c1-11(2)18(12(3)4)14(19)13(15(5,6)7)17-21(20)16(8,9)10/h11-13,17H,1-10H3/t13-,21-/m0/s1. The maximum absolute atomic E-state index is 13.0. The summed E-state index contributed by atoms with van der Waals surface area (Å²) in [6.07, 6.45) is 0. The fourth-order valence-electron chi connectivity index (χ4n) is 2.14. The van der Waals surface area contributed by atoms with Gasteiger partial charge in [0, 0.05) is 23.4 Å². The lowest BCUT2D eigenvalue weighted by atomic mass is 9.86. The average molecular weight is 319 g/mol. The molecular formula is C16H34N2O2S. The number of nitrogens with zero attached hydrogens (tertiary/aromatic N) is 1. The number of carbonyl (C=O) groups excluding carboxylic acids is 1. The molecule has 4 nitrogen and oxygen atoms in total. The topological polar surface area (TPSA) is 55.4 Å². The Kier molecular flexibility index (Phi) is 7.25. The summed E-state index contributed by atoms with van der Waals surface area (Å²) in [6.45, 7) is 19.8. The summed E-state index contributed by atoms with van der Waals surface area (Å²) in [5.41, 5.74) is -0.306. The van der Waals surface area contributed by atoms with Gasteiger partial charge in [-0.1, -0.05) is 20.8 Å². The zero-order valence-electron chi connectivity index (χ0n) is 15.4. The van der Waals surface area contributed by atoms with Crippen molar-refractivity contribution < 1.29 is 9.35 Å². The normalized spacial score (nSPS) is 16.2. The minimum atomic E-state index is -1.27. The monoisotopic (exact) mass is 318 g/mol. The van der Waals surface area contributed by atoms with Crippen LogP contribution in [0.25, 0.3) is 0 Å². The zero-order chi connectivity index (χ0) is 17.2. The Morgan fingerprint density at radius 2 is 1.38 bits per heavy atom. The van der Waals surface area contributed by atoms with E-state index in [9.17, 15) is 9.35 Å². The highest BCUT2D eigenvalue weighted by atomic mass is 32.2. The number of nitrogens with one attached hydrogen (secondary N) is 1. The molecule has 1 N–H and O–H groups in total. The number of carbonyl (C=O) groups is 1. The van der Waals surface area contributed by atoms with E-state index in [1.807, 2.05) is 74.1 Å². The van der Waals surface area contributed by atoms with Gasteiger partial charge < -0.3 is 9.45 Å². The lowest BCUT2D eigenvalue weighted by Gasteiger charge is -2.39. The first-order valence-corrected chi connectivity index (χ1v) is 8.84. The molecule has 0 bridgehead atoms. The second-order valence-corrected chi connectivity index (χ2v) is 10.2. The fraction of sp³-hybridized carbons (Fsp3) is 0.938. The SMILES string of the molecule is CC(C)N(C(=O)[C@H](N[S@@+]([O-])C(C)(C)C)C(C)(C)C)C(C)C. The third-order valence-corrected chi connectivity index (χ3v) is 4.82. The third-order valence-electron chi connectivity index (χ3n) is 3.26. The van der Waals surface area contributed by atoms with Gasteiger partial charge in [0.1, 0.15) is 10.8 Å². The maximum atomic E-state index is 13.0. The number of hydrogen-bond donors (Lipinski definition) is 1. The quantitative estimate of drug-likeness (QED) is 0.793. The highest BCUT2D eigenvalue weighted by molar-refractivity contribution is 7.90. The van der Waals surface area contributed by atoms with Crippen molar-refractivity contribution in [1.29, 1.82) is 0 Å². The lowest BCUT2D eigenvalue weighted by molar-refractivity contribution is -0.139. The summed E-state index contributed by atoms with van der Waals surface area (Å²) in [6, 6.07) is -0.234. The van der Waals surface area contributed by atoms with E-state index >= 15 is 0 Å². The summed E-state index contributed by atoms with van der Waals surface area (Å²) in [7, 11) is 0. The van der Waals surface area contributed by atoms with E-state index in [2.05, 4.69) is 4.72 Å². The van der Waals surface area contributed by atoms with E-state index in [1.54, 1.807) is 0 Å². The number of hydrogen-bond acceptors (Lipinski definition) is 3. The first-order valence-electron chi connectivity index (χ1n) is 7.69. The van der Waals surface area contributed by atoms with Crippen LogP contribution in [0.15, 0.2) is 0 Å². The van der Waals surface area contributed by atoms with Crippen LogP contribution in [0, 0.1) is 5.41 Å². The molecule has 0 saturated heterocycles. The van der Waals surface area contributed by atoms with Gasteiger partial charge in [0.25, 0.3) is 0 Å². The molecular weight excluding hydrogens is 284 g/mol. The van der Waals surface area contributed by atoms with Crippen LogP contribution in [0.1, 0.15) is 69.2 Å². The van der Waals surface area contributed by atoms with Gasteiger partial charge in [0.05, 0.1) is 0 Å². The van der Waals surface area contributed by atoms with Gasteiger partial charge in [-0.3, -0.25) is 4.79 Å². The fourth-order valence-corrected chi connectivity index (χ4v) is 3.16. The second-order valence-electron chi connectivity index (χ2n) is 8.23. The van der Waals surface area contributed by atoms with Crippen LogP contribution in [0.5, 0.6) is 0 Å². The van der Waals surface area contributed by atoms with Crippen LogP contribution in [0.2, 0.25) is 0 Å². The largest absolute Gasteiger partial charge is 0.598 e. The molecule has 0 heterocycles. The Balaban J connectivity index is 5.40. The van der Waals surface area contributed by atoms with Gasteiger partial charge in [0.15, 0.2) is 0 Å². The molecule has 5 heteroatoms. The molecule has 0 aliphatic carbocycles. The van der Waals surface area contributed by atoms with Gasteiger partial charge in [-0.2, -0.15) is 0 Å². The molecule has 0 saturated carbocycles. The Morgan fingerprint density at radius 3 is 1.62 bits per heavy atom. The molecule has 21 heavy (non-hydrogen) atoms. The van der Waals surface area contributed by atoms with Crippen molar-refractivity contribution in [2.45, 2.75) is 92.1 Å². The molecule has 0 aromatic heterocycles. The van der Waals surface area contributed by atoms with Crippen molar-refractivity contribution in [3.8, 4) is 0 Å². The zero-order valence-corrected chi connectivity index (χ0v) is 16.2. The Morgan fingerprint density at radius 1 is 1.00 bits per heavy atom. The molecule has 1 amide bonds. The second kappa shape index (κ2) is 7.34. The van der Waals surface area contributed by atoms with E-state index in [-0.39, 0.29) is 23.4 Å². The predicted octanol–water partition coefficient (Wildman–Crippen LogP) is 3.10. The molecule has 126 valence electrons. The van der Waals surface area contributed by atoms with Gasteiger partial charge in [0.2, 0.25) is 5.91 Å². The molecule has 0 fully saturated rings. The van der Waals surface area contributed by atoms with Crippen molar-refractivity contribution >= 4 is 17.3 Å². The van der Waals surface area contributed by atoms with Crippen LogP contribution in [-0.2, 0) is 16.2 Å². The Bertz CT molecular complexity index is 335. The molecule has 0 radical (unpaired) electrons. The van der Waals surface area contributed by atoms with Crippen LogP contribution in [0.4, 0.5) is 0 Å². The van der Waals surface area contributed by atoms with Crippen molar-refractivity contribution in [1.82, 2.24) is 9.62 Å². The molecule has 2 atom stereocenters. The molecule has 0 aliphatic heterocycles. The molecule has 0 aliphatic rings. The molecule has 0 unspecified atom stereocenters. The highest BCUT2D eigenvalue weighted by Crippen LogP contribution is 2.26. The Hall–Kier alpha value is -0.260. The molecule has 0 rings (SSSR count). The first-order chi connectivity index (χ1) is 9.19. The summed E-state index contributed by atoms with van der Waals surface area (Å²) < 4.78 is 15.1. The first kappa shape index (κ1) is 20.7. The molecule has 0 aromatic carbocycles. The Labute approximate surface area is 134 Å². The third kappa shape index (κ3) is 6.17. The number of amides is 1. The van der Waals surface area contributed by atoms with E-state index in [0.29, 0.717) is 0 Å². The summed E-state index contributed by atoms with van der Waals surface area (Å²) >= 11 is -1.27. The van der Waals surface area contributed by atoms with Gasteiger partial charge >= 0.3 is 0 Å². The predicted molar refractivity (Wildman–Crippen MR) is 91.4 cm³/mol. The molecule has 0 spiro atoms. The lowest BCUT2D eigenvalue weighted by Crippen LogP contribution is -2.59. The van der Waals surface area contributed by atoms with Crippen molar-refractivity contribution in [2.75, 3.05) is 0 Å². The summed E-state index contributed by atoms with van der Waals surface area (Å²) in [5.74, 6) is 0.0186. The van der Waals surface area contributed by atoms with Gasteiger partial charge in [-0.25, -0.2) is 0 Å². The van der Waals surface area contributed by atoms with E-state index in [0.717, 1.165) is 0 Å². The van der Waals surface area contributed by atoms with Crippen LogP contribution in [0.3, 0.4) is 0 Å². The van der Waals surface area contributed by atoms with Crippen molar-refractivity contribution in [3.63, 3.8) is 0 Å². The summed E-state index contributed by atoms with van der Waals surface area (Å²) in [5, 5.41) is 0. The van der Waals surface area contributed by atoms with Gasteiger partial charge in [-0.05, 0) is 53.9 Å². The highest BCUT2D eigenvalue weighted by Gasteiger charge is 2.41. The average Bonchev–Trinajstić information content (AvgIpc) is 2.20. The smallest absolute Gasteiger partial charge is 0.245 e. The molecule has 0 aromatic rings. The van der Waals surface area contributed by atoms with E-state index < -0.39 is 22.2 Å². The van der Waals surface area contributed by atoms with Crippen molar-refractivity contribution in [3.05, 3.63) is 0 Å². The van der Waals surface area contributed by atoms with Crippen LogP contribution in [-0.4, -0.2) is 38.2 Å². The van der Waals surface area contributed by atoms with Gasteiger partial charge in [-0.15, -0.1) is 4.72 Å².